The summed E-state index contributed by atoms with van der Waals surface area (Å²) in [4.78, 5) is 13.9. The van der Waals surface area contributed by atoms with Crippen LogP contribution in [0.25, 0.3) is 11.3 Å². The fraction of sp³-hybridized carbons (Fsp3) is 0.190. The Morgan fingerprint density at radius 1 is 1.04 bits per heavy atom. The van der Waals surface area contributed by atoms with Crippen LogP contribution < -0.4 is 9.47 Å². The molecule has 140 valence electrons. The molecule has 27 heavy (non-hydrogen) atoms. The lowest BCUT2D eigenvalue weighted by molar-refractivity contribution is -0.132. The average Bonchev–Trinajstić information content (AvgIpc) is 3.15. The highest BCUT2D eigenvalue weighted by Gasteiger charge is 2.14. The molecule has 2 aromatic carbocycles. The normalized spacial score (nSPS) is 10.5. The quantitative estimate of drug-likeness (QED) is 0.543. The van der Waals surface area contributed by atoms with Crippen LogP contribution in [-0.2, 0) is 11.3 Å². The summed E-state index contributed by atoms with van der Waals surface area (Å²) in [5.74, 6) is 2.46. The average molecular weight is 430 g/mol. The van der Waals surface area contributed by atoms with E-state index in [1.54, 1.807) is 31.2 Å². The van der Waals surface area contributed by atoms with Gasteiger partial charge < -0.3 is 18.8 Å². The Morgan fingerprint density at radius 3 is 2.44 bits per heavy atom. The summed E-state index contributed by atoms with van der Waals surface area (Å²) in [5.41, 5.74) is 0.984. The molecule has 0 saturated carbocycles. The number of para-hydroxylation sites is 2. The van der Waals surface area contributed by atoms with Gasteiger partial charge in [0, 0.05) is 17.1 Å². The number of hydrogen-bond acceptors (Lipinski definition) is 4. The highest BCUT2D eigenvalue weighted by Crippen LogP contribution is 2.26. The second-order valence-corrected chi connectivity index (χ2v) is 6.88. The third-order valence-electron chi connectivity index (χ3n) is 4.03. The van der Waals surface area contributed by atoms with E-state index < -0.39 is 0 Å². The summed E-state index contributed by atoms with van der Waals surface area (Å²) in [5, 5.41) is 0. The fourth-order valence-electron chi connectivity index (χ4n) is 2.54. The fourth-order valence-corrected chi connectivity index (χ4v) is 2.81. The van der Waals surface area contributed by atoms with Crippen molar-refractivity contribution >= 4 is 21.8 Å². The number of likely N-dealkylation sites (N-methyl/N-ethyl adjacent to an activating group) is 1. The van der Waals surface area contributed by atoms with E-state index >= 15 is 0 Å². The number of amides is 1. The van der Waals surface area contributed by atoms with Crippen LogP contribution in [0.4, 0.5) is 0 Å². The van der Waals surface area contributed by atoms with Gasteiger partial charge in [0.15, 0.2) is 18.1 Å². The van der Waals surface area contributed by atoms with Crippen molar-refractivity contribution in [2.45, 2.75) is 6.54 Å². The number of furan rings is 1. The molecular weight excluding hydrogens is 410 g/mol. The van der Waals surface area contributed by atoms with Crippen LogP contribution in [0.3, 0.4) is 0 Å². The van der Waals surface area contributed by atoms with E-state index in [1.165, 1.54) is 0 Å². The molecule has 0 aliphatic heterocycles. The van der Waals surface area contributed by atoms with Gasteiger partial charge in [-0.1, -0.05) is 40.2 Å². The molecule has 1 amide bonds. The predicted octanol–water partition coefficient (Wildman–Crippen LogP) is 4.76. The van der Waals surface area contributed by atoms with Crippen molar-refractivity contribution in [3.05, 3.63) is 70.9 Å². The first-order valence-electron chi connectivity index (χ1n) is 8.41. The molecule has 0 spiro atoms. The van der Waals surface area contributed by atoms with Crippen LogP contribution in [0, 0.1) is 0 Å². The summed E-state index contributed by atoms with van der Waals surface area (Å²) in [6.07, 6.45) is 0. The Hall–Kier alpha value is -2.73. The second-order valence-electron chi connectivity index (χ2n) is 5.96. The molecule has 0 aliphatic carbocycles. The lowest BCUT2D eigenvalue weighted by Gasteiger charge is -2.17. The van der Waals surface area contributed by atoms with Gasteiger partial charge in [-0.2, -0.15) is 0 Å². The van der Waals surface area contributed by atoms with Crippen molar-refractivity contribution < 1.29 is 18.7 Å². The smallest absolute Gasteiger partial charge is 0.260 e. The second kappa shape index (κ2) is 8.77. The minimum atomic E-state index is -0.150. The van der Waals surface area contributed by atoms with Crippen molar-refractivity contribution in [3.63, 3.8) is 0 Å². The lowest BCUT2D eigenvalue weighted by Crippen LogP contribution is -2.30. The van der Waals surface area contributed by atoms with Crippen LogP contribution in [-0.4, -0.2) is 31.6 Å². The molecule has 0 radical (unpaired) electrons. The predicted molar refractivity (Wildman–Crippen MR) is 107 cm³/mol. The standard InChI is InChI=1S/C21H20BrNO4/c1-23(21(24)14-26-20-6-4-3-5-19(20)25-2)13-17-11-12-18(27-17)15-7-9-16(22)10-8-15/h3-12H,13-14H2,1-2H3. The number of nitrogens with zero attached hydrogens (tertiary/aromatic N) is 1. The molecule has 5 nitrogen and oxygen atoms in total. The number of carbonyl (C=O) groups excluding carboxylic acids is 1. The van der Waals surface area contributed by atoms with E-state index in [9.17, 15) is 4.79 Å². The van der Waals surface area contributed by atoms with Crippen LogP contribution in [0.5, 0.6) is 11.5 Å². The third-order valence-corrected chi connectivity index (χ3v) is 4.56. The van der Waals surface area contributed by atoms with Gasteiger partial charge in [-0.3, -0.25) is 4.79 Å². The molecule has 1 aromatic heterocycles. The third kappa shape index (κ3) is 4.92. The monoisotopic (exact) mass is 429 g/mol. The Kier molecular flexibility index (Phi) is 6.19. The van der Waals surface area contributed by atoms with Gasteiger partial charge in [0.2, 0.25) is 0 Å². The molecule has 6 heteroatoms. The molecule has 0 bridgehead atoms. The lowest BCUT2D eigenvalue weighted by atomic mass is 10.2. The van der Waals surface area contributed by atoms with Gasteiger partial charge in [-0.05, 0) is 36.4 Å². The van der Waals surface area contributed by atoms with Gasteiger partial charge in [0.25, 0.3) is 5.91 Å². The Bertz CT molecular complexity index is 905. The van der Waals surface area contributed by atoms with Crippen molar-refractivity contribution in [1.29, 1.82) is 0 Å². The highest BCUT2D eigenvalue weighted by molar-refractivity contribution is 9.10. The summed E-state index contributed by atoms with van der Waals surface area (Å²) in [6.45, 7) is 0.293. The molecule has 1 heterocycles. The molecule has 0 N–H and O–H groups in total. The van der Waals surface area contributed by atoms with E-state index in [4.69, 9.17) is 13.9 Å². The first kappa shape index (κ1) is 19.0. The van der Waals surface area contributed by atoms with Crippen LogP contribution in [0.15, 0.2) is 69.6 Å². The number of carbonyl (C=O) groups is 1. The molecule has 0 aliphatic rings. The topological polar surface area (TPSA) is 51.9 Å². The molecule has 3 rings (SSSR count). The summed E-state index contributed by atoms with van der Waals surface area (Å²) in [7, 11) is 3.28. The minimum absolute atomic E-state index is 0.0723. The SMILES string of the molecule is COc1ccccc1OCC(=O)N(C)Cc1ccc(-c2ccc(Br)cc2)o1. The molecule has 0 fully saturated rings. The molecule has 0 atom stereocenters. The molecule has 0 unspecified atom stereocenters. The summed E-state index contributed by atoms with van der Waals surface area (Å²) < 4.78 is 17.7. The van der Waals surface area contributed by atoms with E-state index in [1.807, 2.05) is 48.5 Å². The van der Waals surface area contributed by atoms with E-state index in [2.05, 4.69) is 15.9 Å². The van der Waals surface area contributed by atoms with Gasteiger partial charge in [0.1, 0.15) is 11.5 Å². The zero-order chi connectivity index (χ0) is 19.2. The van der Waals surface area contributed by atoms with Gasteiger partial charge >= 0.3 is 0 Å². The number of rotatable bonds is 7. The van der Waals surface area contributed by atoms with Crippen molar-refractivity contribution in [1.82, 2.24) is 4.90 Å². The maximum absolute atomic E-state index is 12.3. The van der Waals surface area contributed by atoms with E-state index in [-0.39, 0.29) is 12.5 Å². The summed E-state index contributed by atoms with van der Waals surface area (Å²) >= 11 is 3.42. The maximum Gasteiger partial charge on any atom is 0.260 e. The van der Waals surface area contributed by atoms with E-state index in [0.29, 0.717) is 23.8 Å². The number of benzene rings is 2. The Morgan fingerprint density at radius 2 is 1.74 bits per heavy atom. The van der Waals surface area contributed by atoms with Gasteiger partial charge in [-0.25, -0.2) is 0 Å². The highest BCUT2D eigenvalue weighted by atomic mass is 79.9. The van der Waals surface area contributed by atoms with Crippen LogP contribution in [0.1, 0.15) is 5.76 Å². The zero-order valence-corrected chi connectivity index (χ0v) is 16.7. The minimum Gasteiger partial charge on any atom is -0.493 e. The molecule has 0 saturated heterocycles. The first-order chi connectivity index (χ1) is 13.1. The van der Waals surface area contributed by atoms with Crippen molar-refractivity contribution in [3.8, 4) is 22.8 Å². The van der Waals surface area contributed by atoms with E-state index in [0.717, 1.165) is 15.8 Å². The molecular formula is C21H20BrNO4. The van der Waals surface area contributed by atoms with Crippen LogP contribution in [0.2, 0.25) is 0 Å². The molecule has 3 aromatic rings. The Balaban J connectivity index is 1.57. The summed E-state index contributed by atoms with van der Waals surface area (Å²) in [6, 6.07) is 18.9. The van der Waals surface area contributed by atoms with Crippen molar-refractivity contribution in [2.24, 2.45) is 0 Å². The number of hydrogen-bond donors (Lipinski definition) is 0. The van der Waals surface area contributed by atoms with Crippen LogP contribution >= 0.6 is 15.9 Å². The zero-order valence-electron chi connectivity index (χ0n) is 15.1. The Labute approximate surface area is 166 Å². The van der Waals surface area contributed by atoms with Gasteiger partial charge in [0.05, 0.1) is 13.7 Å². The number of halogens is 1. The van der Waals surface area contributed by atoms with Crippen molar-refractivity contribution in [2.75, 3.05) is 20.8 Å². The maximum atomic E-state index is 12.3. The number of methoxy groups -OCH3 is 1. The first-order valence-corrected chi connectivity index (χ1v) is 9.20. The number of ether oxygens (including phenoxy) is 2. The largest absolute Gasteiger partial charge is 0.493 e. The van der Waals surface area contributed by atoms with Gasteiger partial charge in [-0.15, -0.1) is 0 Å².